The summed E-state index contributed by atoms with van der Waals surface area (Å²) in [5.74, 6) is 0.191. The smallest absolute Gasteiger partial charge is 0.108 e. The molecule has 0 bridgehead atoms. The Hall–Kier alpha value is -0.870. The molecule has 0 fully saturated rings. The van der Waals surface area contributed by atoms with Crippen LogP contribution in [0.3, 0.4) is 0 Å². The predicted molar refractivity (Wildman–Crippen MR) is 49.0 cm³/mol. The summed E-state index contributed by atoms with van der Waals surface area (Å²) in [5.41, 5.74) is 6.76. The summed E-state index contributed by atoms with van der Waals surface area (Å²) in [6.07, 6.45) is 2.59. The minimum absolute atomic E-state index is 0.191. The molecule has 1 aromatic heterocycles. The fourth-order valence-electron chi connectivity index (χ4n) is 2.10. The van der Waals surface area contributed by atoms with Gasteiger partial charge in [0.25, 0.3) is 0 Å². The van der Waals surface area contributed by atoms with E-state index in [2.05, 4.69) is 5.10 Å². The lowest BCUT2D eigenvalue weighted by atomic mass is 9.90. The molecule has 4 heteroatoms. The van der Waals surface area contributed by atoms with E-state index >= 15 is 0 Å². The second-order valence-corrected chi connectivity index (χ2v) is 3.86. The van der Waals surface area contributed by atoms with Crippen molar-refractivity contribution in [2.24, 2.45) is 18.7 Å². The Kier molecular flexibility index (Phi) is 1.72. The second kappa shape index (κ2) is 2.56. The van der Waals surface area contributed by atoms with Gasteiger partial charge in [-0.1, -0.05) is 6.92 Å². The summed E-state index contributed by atoms with van der Waals surface area (Å²) >= 11 is 0. The van der Waals surface area contributed by atoms with Crippen molar-refractivity contribution < 1.29 is 5.11 Å². The molecule has 0 radical (unpaired) electrons. The summed E-state index contributed by atoms with van der Waals surface area (Å²) in [7, 11) is 1.90. The van der Waals surface area contributed by atoms with Crippen LogP contribution in [-0.2, 0) is 19.1 Å². The number of aryl methyl sites for hydroxylation is 1. The quantitative estimate of drug-likeness (QED) is 0.628. The van der Waals surface area contributed by atoms with Crippen LogP contribution in [0.4, 0.5) is 0 Å². The molecule has 0 saturated carbocycles. The van der Waals surface area contributed by atoms with Crippen LogP contribution in [-0.4, -0.2) is 21.4 Å². The molecule has 1 aromatic rings. The fraction of sp³-hybridized carbons (Fsp3) is 0.667. The van der Waals surface area contributed by atoms with Gasteiger partial charge >= 0.3 is 0 Å². The Balaban J connectivity index is 2.52. The maximum atomic E-state index is 10.3. The second-order valence-electron chi connectivity index (χ2n) is 3.86. The van der Waals surface area contributed by atoms with Gasteiger partial charge in [-0.05, 0) is 12.3 Å². The van der Waals surface area contributed by atoms with Gasteiger partial charge in [0.2, 0.25) is 0 Å². The van der Waals surface area contributed by atoms with E-state index in [1.165, 1.54) is 0 Å². The third kappa shape index (κ3) is 0.957. The largest absolute Gasteiger partial charge is 0.383 e. The Morgan fingerprint density at radius 3 is 3.15 bits per heavy atom. The van der Waals surface area contributed by atoms with Crippen molar-refractivity contribution in [1.82, 2.24) is 9.78 Å². The highest BCUT2D eigenvalue weighted by molar-refractivity contribution is 5.32. The monoisotopic (exact) mass is 181 g/mol. The Morgan fingerprint density at radius 1 is 1.85 bits per heavy atom. The molecule has 0 amide bonds. The van der Waals surface area contributed by atoms with Crippen LogP contribution in [0.25, 0.3) is 0 Å². The molecule has 72 valence electrons. The zero-order chi connectivity index (χ0) is 9.64. The minimum Gasteiger partial charge on any atom is -0.383 e. The van der Waals surface area contributed by atoms with E-state index < -0.39 is 5.60 Å². The number of aromatic nitrogens is 2. The molecular formula is C9H15N3O. The molecular weight excluding hydrogens is 166 g/mol. The number of aliphatic hydroxyl groups is 1. The first-order valence-electron chi connectivity index (χ1n) is 4.53. The average Bonchev–Trinajstić information content (AvgIpc) is 2.57. The zero-order valence-corrected chi connectivity index (χ0v) is 7.99. The van der Waals surface area contributed by atoms with Gasteiger partial charge in [-0.15, -0.1) is 0 Å². The summed E-state index contributed by atoms with van der Waals surface area (Å²) < 4.78 is 1.82. The molecule has 2 unspecified atom stereocenters. The first-order valence-corrected chi connectivity index (χ1v) is 4.53. The summed E-state index contributed by atoms with van der Waals surface area (Å²) in [6, 6.07) is 0. The normalized spacial score (nSPS) is 32.2. The standard InChI is InChI=1S/C9H15N3O/c1-6-3-8-7(4-11-12(8)2)9(6,13)5-10/h4,6,13H,3,5,10H2,1-2H3. The molecule has 1 aliphatic rings. The van der Waals surface area contributed by atoms with E-state index in [1.807, 2.05) is 18.7 Å². The van der Waals surface area contributed by atoms with E-state index in [0.29, 0.717) is 0 Å². The van der Waals surface area contributed by atoms with Crippen LogP contribution in [0.15, 0.2) is 6.20 Å². The van der Waals surface area contributed by atoms with Gasteiger partial charge < -0.3 is 10.8 Å². The zero-order valence-electron chi connectivity index (χ0n) is 7.99. The van der Waals surface area contributed by atoms with Crippen molar-refractivity contribution >= 4 is 0 Å². The predicted octanol–water partition coefficient (Wildman–Crippen LogP) is -0.241. The molecule has 1 aliphatic carbocycles. The molecule has 13 heavy (non-hydrogen) atoms. The van der Waals surface area contributed by atoms with Crippen molar-refractivity contribution in [3.8, 4) is 0 Å². The Bertz CT molecular complexity index is 334. The first kappa shape index (κ1) is 8.72. The van der Waals surface area contributed by atoms with Crippen LogP contribution >= 0.6 is 0 Å². The van der Waals surface area contributed by atoms with Gasteiger partial charge in [0.05, 0.1) is 6.20 Å². The third-order valence-electron chi connectivity index (χ3n) is 3.15. The highest BCUT2D eigenvalue weighted by atomic mass is 16.3. The molecule has 1 heterocycles. The van der Waals surface area contributed by atoms with Crippen LogP contribution in [0.2, 0.25) is 0 Å². The number of rotatable bonds is 1. The summed E-state index contributed by atoms with van der Waals surface area (Å²) in [5, 5.41) is 14.4. The minimum atomic E-state index is -0.858. The first-order chi connectivity index (χ1) is 6.09. The molecule has 2 atom stereocenters. The molecule has 3 N–H and O–H groups in total. The maximum absolute atomic E-state index is 10.3. The van der Waals surface area contributed by atoms with Gasteiger partial charge in [0.15, 0.2) is 0 Å². The SMILES string of the molecule is CC1Cc2c(cnn2C)C1(O)CN. The molecule has 0 aromatic carbocycles. The molecule has 4 nitrogen and oxygen atoms in total. The number of nitrogens with zero attached hydrogens (tertiary/aromatic N) is 2. The highest BCUT2D eigenvalue weighted by Gasteiger charge is 2.43. The number of hydrogen-bond donors (Lipinski definition) is 2. The highest BCUT2D eigenvalue weighted by Crippen LogP contribution is 2.39. The number of hydrogen-bond acceptors (Lipinski definition) is 3. The molecule has 0 saturated heterocycles. The lowest BCUT2D eigenvalue weighted by Gasteiger charge is -2.25. The third-order valence-corrected chi connectivity index (χ3v) is 3.15. The van der Waals surface area contributed by atoms with Gasteiger partial charge in [0, 0.05) is 24.8 Å². The Labute approximate surface area is 77.4 Å². The molecule has 0 aliphatic heterocycles. The van der Waals surface area contributed by atoms with Crippen LogP contribution < -0.4 is 5.73 Å². The maximum Gasteiger partial charge on any atom is 0.108 e. The van der Waals surface area contributed by atoms with E-state index in [4.69, 9.17) is 5.73 Å². The lowest BCUT2D eigenvalue weighted by Crippen LogP contribution is -2.37. The Morgan fingerprint density at radius 2 is 2.54 bits per heavy atom. The average molecular weight is 181 g/mol. The summed E-state index contributed by atoms with van der Waals surface area (Å²) in [4.78, 5) is 0. The van der Waals surface area contributed by atoms with Crippen molar-refractivity contribution in [2.75, 3.05) is 6.54 Å². The van der Waals surface area contributed by atoms with Crippen molar-refractivity contribution in [2.45, 2.75) is 18.9 Å². The van der Waals surface area contributed by atoms with Gasteiger partial charge in [-0.25, -0.2) is 0 Å². The number of nitrogens with two attached hydrogens (primary N) is 1. The van der Waals surface area contributed by atoms with E-state index in [9.17, 15) is 5.11 Å². The lowest BCUT2D eigenvalue weighted by molar-refractivity contribution is 0.00466. The van der Waals surface area contributed by atoms with Crippen LogP contribution in [0, 0.1) is 5.92 Å². The van der Waals surface area contributed by atoms with Crippen LogP contribution in [0.5, 0.6) is 0 Å². The van der Waals surface area contributed by atoms with Gasteiger partial charge in [-0.2, -0.15) is 5.10 Å². The summed E-state index contributed by atoms with van der Waals surface area (Å²) in [6.45, 7) is 2.29. The number of fused-ring (bicyclic) bond motifs is 1. The molecule has 2 rings (SSSR count). The molecule has 0 spiro atoms. The topological polar surface area (TPSA) is 64.1 Å². The van der Waals surface area contributed by atoms with E-state index in [-0.39, 0.29) is 12.5 Å². The van der Waals surface area contributed by atoms with Crippen molar-refractivity contribution in [3.63, 3.8) is 0 Å². The van der Waals surface area contributed by atoms with Gasteiger partial charge in [-0.3, -0.25) is 4.68 Å². The fourth-order valence-corrected chi connectivity index (χ4v) is 2.10. The van der Waals surface area contributed by atoms with E-state index in [1.54, 1.807) is 6.20 Å². The van der Waals surface area contributed by atoms with Gasteiger partial charge in [0.1, 0.15) is 5.60 Å². The van der Waals surface area contributed by atoms with Crippen molar-refractivity contribution in [1.29, 1.82) is 0 Å². The van der Waals surface area contributed by atoms with Crippen molar-refractivity contribution in [3.05, 3.63) is 17.5 Å². The van der Waals surface area contributed by atoms with E-state index in [0.717, 1.165) is 17.7 Å². The van der Waals surface area contributed by atoms with Crippen LogP contribution in [0.1, 0.15) is 18.2 Å².